The molecule has 3 N–H and O–H groups in total. The highest BCUT2D eigenvalue weighted by Gasteiger charge is 2.26. The maximum Gasteiger partial charge on any atom is 0.330 e. The summed E-state index contributed by atoms with van der Waals surface area (Å²) in [6, 6.07) is 5.64. The summed E-state index contributed by atoms with van der Waals surface area (Å²) in [5.41, 5.74) is 4.76. The maximum atomic E-state index is 13.0. The van der Waals surface area contributed by atoms with Gasteiger partial charge in [-0.25, -0.2) is 13.2 Å². The lowest BCUT2D eigenvalue weighted by Crippen LogP contribution is -2.39. The molecule has 0 aliphatic carbocycles. The van der Waals surface area contributed by atoms with Crippen molar-refractivity contribution in [2.24, 2.45) is 0 Å². The highest BCUT2D eigenvalue weighted by Crippen LogP contribution is 2.22. The number of sulfonamides is 1. The van der Waals surface area contributed by atoms with Crippen molar-refractivity contribution >= 4 is 27.4 Å². The minimum atomic E-state index is -3.64. The third-order valence-electron chi connectivity index (χ3n) is 5.89. The molecule has 2 aromatic rings. The van der Waals surface area contributed by atoms with E-state index in [2.05, 4.69) is 4.98 Å². The summed E-state index contributed by atoms with van der Waals surface area (Å²) in [5, 5.41) is 0. The molecular formula is C22H31N5O5S. The third kappa shape index (κ3) is 5.19. The Morgan fingerprint density at radius 1 is 1.09 bits per heavy atom. The lowest BCUT2D eigenvalue weighted by molar-refractivity contribution is 0.0992. The molecule has 1 aliphatic rings. The van der Waals surface area contributed by atoms with Crippen LogP contribution in [0.1, 0.15) is 55.8 Å². The van der Waals surface area contributed by atoms with Gasteiger partial charge in [-0.15, -0.1) is 0 Å². The Bertz CT molecular complexity index is 1210. The van der Waals surface area contributed by atoms with Crippen molar-refractivity contribution in [2.75, 3.05) is 30.8 Å². The lowest BCUT2D eigenvalue weighted by Gasteiger charge is -2.21. The summed E-state index contributed by atoms with van der Waals surface area (Å²) in [7, 11) is -2.25. The molecule has 1 aromatic carbocycles. The number of unbranched alkanes of at least 4 members (excludes halogenated alkanes) is 1. The zero-order valence-corrected chi connectivity index (χ0v) is 19.9. The summed E-state index contributed by atoms with van der Waals surface area (Å²) in [4.78, 5) is 41.0. The first-order valence-electron chi connectivity index (χ1n) is 11.2. The average Bonchev–Trinajstić information content (AvgIpc) is 3.08. The number of rotatable bonds is 7. The van der Waals surface area contributed by atoms with Gasteiger partial charge < -0.3 is 10.6 Å². The van der Waals surface area contributed by atoms with Crippen molar-refractivity contribution in [3.63, 3.8) is 0 Å². The number of nitrogens with one attached hydrogen (secondary N) is 1. The minimum absolute atomic E-state index is 0.0894. The highest BCUT2D eigenvalue weighted by atomic mass is 32.2. The van der Waals surface area contributed by atoms with E-state index in [0.29, 0.717) is 26.1 Å². The van der Waals surface area contributed by atoms with Crippen LogP contribution >= 0.6 is 0 Å². The molecule has 1 saturated heterocycles. The second-order valence-electron chi connectivity index (χ2n) is 8.21. The van der Waals surface area contributed by atoms with Crippen LogP contribution in [-0.2, 0) is 16.6 Å². The number of aromatic nitrogens is 2. The lowest BCUT2D eigenvalue weighted by atomic mass is 10.2. The monoisotopic (exact) mass is 477 g/mol. The average molecular weight is 478 g/mol. The minimum Gasteiger partial charge on any atom is -0.383 e. The summed E-state index contributed by atoms with van der Waals surface area (Å²) >= 11 is 0. The molecule has 0 unspecified atom stereocenters. The fourth-order valence-corrected chi connectivity index (χ4v) is 5.45. The number of benzene rings is 1. The Balaban J connectivity index is 1.87. The number of nitrogen functional groups attached to an aromatic ring is 1. The first-order chi connectivity index (χ1) is 15.7. The molecule has 180 valence electrons. The molecule has 1 amide bonds. The molecule has 11 heteroatoms. The summed E-state index contributed by atoms with van der Waals surface area (Å²) in [6.45, 7) is 3.25. The molecular weight excluding hydrogens is 446 g/mol. The van der Waals surface area contributed by atoms with Gasteiger partial charge in [-0.1, -0.05) is 26.2 Å². The molecule has 3 rings (SSSR count). The molecule has 10 nitrogen and oxygen atoms in total. The van der Waals surface area contributed by atoms with Crippen LogP contribution in [-0.4, -0.2) is 48.3 Å². The molecule has 1 fully saturated rings. The van der Waals surface area contributed by atoms with Crippen LogP contribution in [0, 0.1) is 0 Å². The highest BCUT2D eigenvalue weighted by molar-refractivity contribution is 7.89. The molecule has 0 radical (unpaired) electrons. The quantitative estimate of drug-likeness (QED) is 0.623. The summed E-state index contributed by atoms with van der Waals surface area (Å²) < 4.78 is 28.6. The largest absolute Gasteiger partial charge is 0.383 e. The Morgan fingerprint density at radius 3 is 2.27 bits per heavy atom. The van der Waals surface area contributed by atoms with E-state index in [1.807, 2.05) is 6.92 Å². The van der Waals surface area contributed by atoms with Gasteiger partial charge in [0.25, 0.3) is 11.5 Å². The van der Waals surface area contributed by atoms with Crippen molar-refractivity contribution in [3.05, 3.63) is 50.7 Å². The standard InChI is InChI=1S/C22H31N5O5S/c1-3-4-15-27-19(23)18(20(28)24-22(27)30)25(2)21(29)16-9-11-17(12-10-16)33(31,32)26-13-7-5-6-8-14-26/h9-12H,3-8,13-15,23H2,1-2H3,(H,24,28,30). The van der Waals surface area contributed by atoms with E-state index < -0.39 is 27.2 Å². The van der Waals surface area contributed by atoms with Crippen molar-refractivity contribution in [1.82, 2.24) is 13.9 Å². The summed E-state index contributed by atoms with van der Waals surface area (Å²) in [5.74, 6) is -0.639. The van der Waals surface area contributed by atoms with E-state index in [0.717, 1.165) is 37.0 Å². The Kier molecular flexibility index (Phi) is 7.75. The maximum absolute atomic E-state index is 13.0. The van der Waals surface area contributed by atoms with E-state index >= 15 is 0 Å². The van der Waals surface area contributed by atoms with Gasteiger partial charge in [-0.3, -0.25) is 19.1 Å². The first-order valence-corrected chi connectivity index (χ1v) is 12.6. The van der Waals surface area contributed by atoms with Gasteiger partial charge in [-0.05, 0) is 43.5 Å². The number of anilines is 2. The second-order valence-corrected chi connectivity index (χ2v) is 10.1. The molecule has 0 atom stereocenters. The van der Waals surface area contributed by atoms with Gasteiger partial charge in [0.15, 0.2) is 5.69 Å². The topological polar surface area (TPSA) is 139 Å². The van der Waals surface area contributed by atoms with Crippen molar-refractivity contribution in [2.45, 2.75) is 56.9 Å². The van der Waals surface area contributed by atoms with Gasteiger partial charge in [0, 0.05) is 32.2 Å². The SMILES string of the molecule is CCCCn1c(N)c(N(C)C(=O)c2ccc(S(=O)(=O)N3CCCCCC3)cc2)c(=O)[nH]c1=O. The predicted molar refractivity (Wildman–Crippen MR) is 127 cm³/mol. The molecule has 0 saturated carbocycles. The molecule has 1 aliphatic heterocycles. The van der Waals surface area contributed by atoms with Crippen LogP contribution in [0.5, 0.6) is 0 Å². The van der Waals surface area contributed by atoms with E-state index in [9.17, 15) is 22.8 Å². The number of aromatic amines is 1. The summed E-state index contributed by atoms with van der Waals surface area (Å²) in [6.07, 6.45) is 5.19. The Hall–Kier alpha value is -2.92. The molecule has 33 heavy (non-hydrogen) atoms. The Morgan fingerprint density at radius 2 is 1.70 bits per heavy atom. The normalized spacial score (nSPS) is 15.2. The number of carbonyl (C=O) groups excluding carboxylic acids is 1. The van der Waals surface area contributed by atoms with Gasteiger partial charge in [0.2, 0.25) is 10.0 Å². The van der Waals surface area contributed by atoms with Gasteiger partial charge >= 0.3 is 5.69 Å². The van der Waals surface area contributed by atoms with Crippen LogP contribution in [0.15, 0.2) is 38.8 Å². The number of nitrogens with two attached hydrogens (primary N) is 1. The fraction of sp³-hybridized carbons (Fsp3) is 0.500. The van der Waals surface area contributed by atoms with E-state index in [1.165, 1.54) is 40.2 Å². The number of hydrogen-bond acceptors (Lipinski definition) is 6. The van der Waals surface area contributed by atoms with E-state index in [1.54, 1.807) is 0 Å². The van der Waals surface area contributed by atoms with Crippen LogP contribution < -0.4 is 21.9 Å². The number of H-pyrrole nitrogens is 1. The van der Waals surface area contributed by atoms with E-state index in [4.69, 9.17) is 5.73 Å². The zero-order chi connectivity index (χ0) is 24.2. The fourth-order valence-electron chi connectivity index (χ4n) is 3.94. The second kappa shape index (κ2) is 10.3. The van der Waals surface area contributed by atoms with Crippen molar-refractivity contribution in [1.29, 1.82) is 0 Å². The number of nitrogens with zero attached hydrogens (tertiary/aromatic N) is 3. The first kappa shape index (κ1) is 24.7. The smallest absolute Gasteiger partial charge is 0.330 e. The molecule has 1 aromatic heterocycles. The van der Waals surface area contributed by atoms with Crippen LogP contribution in [0.4, 0.5) is 11.5 Å². The Labute approximate surface area is 193 Å². The third-order valence-corrected chi connectivity index (χ3v) is 7.81. The van der Waals surface area contributed by atoms with Gasteiger partial charge in [0.05, 0.1) is 4.90 Å². The van der Waals surface area contributed by atoms with E-state index in [-0.39, 0.29) is 22.0 Å². The zero-order valence-electron chi connectivity index (χ0n) is 19.0. The number of hydrogen-bond donors (Lipinski definition) is 2. The van der Waals surface area contributed by atoms with Crippen LogP contribution in [0.2, 0.25) is 0 Å². The molecule has 2 heterocycles. The molecule has 0 bridgehead atoms. The van der Waals surface area contributed by atoms with Gasteiger partial charge in [0.1, 0.15) is 5.82 Å². The van der Waals surface area contributed by atoms with Crippen LogP contribution in [0.25, 0.3) is 0 Å². The predicted octanol–water partition coefficient (Wildman–Crippen LogP) is 1.76. The molecule has 0 spiro atoms. The van der Waals surface area contributed by atoms with Gasteiger partial charge in [-0.2, -0.15) is 4.31 Å². The van der Waals surface area contributed by atoms with Crippen molar-refractivity contribution in [3.8, 4) is 0 Å². The number of amides is 1. The van der Waals surface area contributed by atoms with Crippen molar-refractivity contribution < 1.29 is 13.2 Å². The van der Waals surface area contributed by atoms with Crippen LogP contribution in [0.3, 0.4) is 0 Å². The number of carbonyl (C=O) groups is 1.